The Morgan fingerprint density at radius 3 is 2.61 bits per heavy atom. The summed E-state index contributed by atoms with van der Waals surface area (Å²) in [6, 6.07) is 3.89. The highest BCUT2D eigenvalue weighted by Crippen LogP contribution is 2.35. The number of rotatable bonds is 7. The maximum atomic E-state index is 12.2. The molecule has 3 heterocycles. The van der Waals surface area contributed by atoms with Crippen LogP contribution in [0.4, 0.5) is 0 Å². The summed E-state index contributed by atoms with van der Waals surface area (Å²) in [7, 11) is 0. The Bertz CT molecular complexity index is 997. The summed E-state index contributed by atoms with van der Waals surface area (Å²) >= 11 is 0. The fourth-order valence-corrected chi connectivity index (χ4v) is 4.17. The van der Waals surface area contributed by atoms with Crippen molar-refractivity contribution in [2.45, 2.75) is 65.2 Å². The molecule has 0 atom stereocenters. The molecule has 1 aliphatic rings. The molecule has 3 aromatic rings. The number of hydrogen-bond acceptors (Lipinski definition) is 7. The van der Waals surface area contributed by atoms with E-state index in [2.05, 4.69) is 25.7 Å². The molecule has 0 radical (unpaired) electrons. The van der Waals surface area contributed by atoms with E-state index in [1.165, 1.54) is 0 Å². The lowest BCUT2D eigenvalue weighted by Crippen LogP contribution is -2.31. The van der Waals surface area contributed by atoms with Crippen LogP contribution in [0.2, 0.25) is 0 Å². The Hall–Kier alpha value is -3.03. The molecule has 31 heavy (non-hydrogen) atoms. The number of nitrogens with zero attached hydrogens (tertiary/aromatic N) is 4. The summed E-state index contributed by atoms with van der Waals surface area (Å²) in [5, 5.41) is 15.5. The van der Waals surface area contributed by atoms with E-state index in [4.69, 9.17) is 8.94 Å². The second-order valence-electron chi connectivity index (χ2n) is 8.46. The Labute approximate surface area is 181 Å². The number of amides is 1. The van der Waals surface area contributed by atoms with Crippen molar-refractivity contribution in [3.8, 4) is 11.5 Å². The summed E-state index contributed by atoms with van der Waals surface area (Å²) in [5.41, 5.74) is 3.71. The molecule has 0 aromatic carbocycles. The number of carbonyl (C=O) groups is 1. The van der Waals surface area contributed by atoms with Gasteiger partial charge in [0.05, 0.1) is 11.3 Å². The van der Waals surface area contributed by atoms with Crippen LogP contribution in [0.1, 0.15) is 66.6 Å². The standard InChI is InChI=1S/C23H29N5O3/c1-14-4-7-19(13-24-14)23-27-26-22(30-23)18-8-5-17(6-9-18)12-25-21(29)11-10-20-15(2)28-31-16(20)3/h4,7,13,17-18H,5-6,8-12H2,1-3H3,(H,25,29). The molecule has 1 fully saturated rings. The largest absolute Gasteiger partial charge is 0.420 e. The van der Waals surface area contributed by atoms with Crippen molar-refractivity contribution < 1.29 is 13.7 Å². The lowest BCUT2D eigenvalue weighted by molar-refractivity contribution is -0.121. The Morgan fingerprint density at radius 2 is 1.94 bits per heavy atom. The van der Waals surface area contributed by atoms with Gasteiger partial charge in [-0.2, -0.15) is 0 Å². The second-order valence-corrected chi connectivity index (χ2v) is 8.46. The third kappa shape index (κ3) is 5.18. The van der Waals surface area contributed by atoms with Crippen molar-refractivity contribution in [3.05, 3.63) is 46.9 Å². The SMILES string of the molecule is Cc1ccc(-c2nnc(C3CCC(CNC(=O)CCc4c(C)noc4C)CC3)o2)cn1. The van der Waals surface area contributed by atoms with Crippen molar-refractivity contribution >= 4 is 5.91 Å². The molecule has 4 rings (SSSR count). The van der Waals surface area contributed by atoms with Gasteiger partial charge in [0.1, 0.15) is 5.76 Å². The third-order valence-electron chi connectivity index (χ3n) is 6.17. The molecule has 0 spiro atoms. The van der Waals surface area contributed by atoms with Gasteiger partial charge in [-0.15, -0.1) is 10.2 Å². The molecule has 1 amide bonds. The Kier molecular flexibility index (Phi) is 6.44. The van der Waals surface area contributed by atoms with Crippen LogP contribution in [-0.2, 0) is 11.2 Å². The van der Waals surface area contributed by atoms with E-state index >= 15 is 0 Å². The molecule has 164 valence electrons. The Morgan fingerprint density at radius 1 is 1.13 bits per heavy atom. The lowest BCUT2D eigenvalue weighted by Gasteiger charge is -2.26. The molecule has 3 aromatic heterocycles. The molecule has 0 bridgehead atoms. The molecule has 1 saturated carbocycles. The summed E-state index contributed by atoms with van der Waals surface area (Å²) in [6.07, 6.45) is 6.95. The van der Waals surface area contributed by atoms with E-state index in [1.54, 1.807) is 6.20 Å². The summed E-state index contributed by atoms with van der Waals surface area (Å²) in [5.74, 6) is 2.88. The number of aromatic nitrogens is 4. The molecule has 0 unspecified atom stereocenters. The summed E-state index contributed by atoms with van der Waals surface area (Å²) in [4.78, 5) is 16.5. The van der Waals surface area contributed by atoms with Gasteiger partial charge in [0, 0.05) is 36.3 Å². The highest BCUT2D eigenvalue weighted by Gasteiger charge is 2.27. The topological polar surface area (TPSA) is 107 Å². The van der Waals surface area contributed by atoms with Crippen molar-refractivity contribution in [1.29, 1.82) is 0 Å². The van der Waals surface area contributed by atoms with Gasteiger partial charge in [0.15, 0.2) is 0 Å². The zero-order valence-corrected chi connectivity index (χ0v) is 18.4. The van der Waals surface area contributed by atoms with E-state index in [0.29, 0.717) is 30.5 Å². The zero-order valence-electron chi connectivity index (χ0n) is 18.4. The van der Waals surface area contributed by atoms with Gasteiger partial charge < -0.3 is 14.3 Å². The summed E-state index contributed by atoms with van der Waals surface area (Å²) in [6.45, 7) is 6.46. The predicted molar refractivity (Wildman–Crippen MR) is 114 cm³/mol. The minimum absolute atomic E-state index is 0.0790. The van der Waals surface area contributed by atoms with Crippen LogP contribution in [0.3, 0.4) is 0 Å². The zero-order chi connectivity index (χ0) is 21.8. The van der Waals surface area contributed by atoms with Crippen molar-refractivity contribution in [2.24, 2.45) is 5.92 Å². The minimum atomic E-state index is 0.0790. The molecule has 8 heteroatoms. The fourth-order valence-electron chi connectivity index (χ4n) is 4.17. The van der Waals surface area contributed by atoms with Crippen LogP contribution in [-0.4, -0.2) is 32.8 Å². The van der Waals surface area contributed by atoms with Crippen molar-refractivity contribution in [1.82, 2.24) is 25.7 Å². The first-order valence-electron chi connectivity index (χ1n) is 10.9. The van der Waals surface area contributed by atoms with Crippen LogP contribution in [0.15, 0.2) is 27.3 Å². The molecule has 1 aliphatic carbocycles. The quantitative estimate of drug-likeness (QED) is 0.610. The van der Waals surface area contributed by atoms with Gasteiger partial charge in [-0.3, -0.25) is 9.78 Å². The van der Waals surface area contributed by atoms with Crippen LogP contribution in [0, 0.1) is 26.7 Å². The first-order valence-corrected chi connectivity index (χ1v) is 10.9. The molecule has 0 aliphatic heterocycles. The van der Waals surface area contributed by atoms with Crippen LogP contribution < -0.4 is 5.32 Å². The van der Waals surface area contributed by atoms with E-state index in [-0.39, 0.29) is 11.8 Å². The van der Waals surface area contributed by atoms with Crippen LogP contribution >= 0.6 is 0 Å². The maximum absolute atomic E-state index is 12.2. The number of nitrogens with one attached hydrogen (secondary N) is 1. The summed E-state index contributed by atoms with van der Waals surface area (Å²) < 4.78 is 11.1. The van der Waals surface area contributed by atoms with Gasteiger partial charge in [-0.25, -0.2) is 0 Å². The van der Waals surface area contributed by atoms with Crippen molar-refractivity contribution in [2.75, 3.05) is 6.54 Å². The van der Waals surface area contributed by atoms with Gasteiger partial charge in [0.2, 0.25) is 17.7 Å². The number of pyridine rings is 1. The highest BCUT2D eigenvalue weighted by molar-refractivity contribution is 5.76. The van der Waals surface area contributed by atoms with E-state index in [0.717, 1.165) is 60.5 Å². The second kappa shape index (κ2) is 9.41. The molecule has 1 N–H and O–H groups in total. The first kappa shape index (κ1) is 21.2. The number of aryl methyl sites for hydroxylation is 3. The van der Waals surface area contributed by atoms with E-state index in [1.807, 2.05) is 32.9 Å². The Balaban J connectivity index is 1.21. The van der Waals surface area contributed by atoms with Gasteiger partial charge in [-0.1, -0.05) is 5.16 Å². The van der Waals surface area contributed by atoms with Gasteiger partial charge in [0.25, 0.3) is 0 Å². The normalized spacial score (nSPS) is 18.8. The molecular formula is C23H29N5O3. The average molecular weight is 424 g/mol. The van der Waals surface area contributed by atoms with E-state index < -0.39 is 0 Å². The highest BCUT2D eigenvalue weighted by atomic mass is 16.5. The predicted octanol–water partition coefficient (Wildman–Crippen LogP) is 4.07. The van der Waals surface area contributed by atoms with Gasteiger partial charge >= 0.3 is 0 Å². The first-order chi connectivity index (χ1) is 15.0. The fraction of sp³-hybridized carbons (Fsp3) is 0.522. The number of hydrogen-bond donors (Lipinski definition) is 1. The molecule has 8 nitrogen and oxygen atoms in total. The monoisotopic (exact) mass is 423 g/mol. The van der Waals surface area contributed by atoms with Crippen molar-refractivity contribution in [3.63, 3.8) is 0 Å². The molecule has 0 saturated heterocycles. The smallest absolute Gasteiger partial charge is 0.249 e. The lowest BCUT2D eigenvalue weighted by atomic mass is 9.82. The minimum Gasteiger partial charge on any atom is -0.420 e. The van der Waals surface area contributed by atoms with Crippen LogP contribution in [0.5, 0.6) is 0 Å². The van der Waals surface area contributed by atoms with Gasteiger partial charge in [-0.05, 0) is 70.9 Å². The van der Waals surface area contributed by atoms with Crippen LogP contribution in [0.25, 0.3) is 11.5 Å². The average Bonchev–Trinajstić information content (AvgIpc) is 3.39. The van der Waals surface area contributed by atoms with E-state index in [9.17, 15) is 4.79 Å². The molecular weight excluding hydrogens is 394 g/mol. The number of carbonyl (C=O) groups excluding carboxylic acids is 1. The maximum Gasteiger partial charge on any atom is 0.249 e. The third-order valence-corrected chi connectivity index (χ3v) is 6.17.